The number of hydrogen-bond acceptors (Lipinski definition) is 4. The van der Waals surface area contributed by atoms with E-state index in [4.69, 9.17) is 10.2 Å². The van der Waals surface area contributed by atoms with E-state index in [0.29, 0.717) is 0 Å². The molecule has 0 spiro atoms. The Bertz CT molecular complexity index is 260. The summed E-state index contributed by atoms with van der Waals surface area (Å²) in [4.78, 5) is 14.8. The first-order valence-corrected chi connectivity index (χ1v) is 3.79. The number of aliphatic hydroxyl groups is 2. The maximum Gasteiger partial charge on any atom is 0.326 e. The van der Waals surface area contributed by atoms with E-state index in [2.05, 4.69) is 10.3 Å². The maximum atomic E-state index is 11.1. The zero-order valence-electron chi connectivity index (χ0n) is 6.92. The van der Waals surface area contributed by atoms with E-state index >= 15 is 0 Å². The number of aliphatic hydroxyl groups excluding tert-OH is 2. The van der Waals surface area contributed by atoms with Crippen molar-refractivity contribution in [3.8, 4) is 0 Å². The first-order valence-electron chi connectivity index (χ1n) is 3.79. The van der Waals surface area contributed by atoms with E-state index in [-0.39, 0.29) is 19.2 Å². The van der Waals surface area contributed by atoms with Crippen molar-refractivity contribution in [2.24, 2.45) is 0 Å². The molecule has 0 saturated heterocycles. The van der Waals surface area contributed by atoms with Crippen LogP contribution < -0.4 is 5.32 Å². The van der Waals surface area contributed by atoms with Gasteiger partial charge in [0.1, 0.15) is 6.33 Å². The average molecular weight is 185 g/mol. The van der Waals surface area contributed by atoms with Gasteiger partial charge in [-0.05, 0) is 0 Å². The molecule has 0 radical (unpaired) electrons. The Labute approximate surface area is 74.8 Å². The largest absolute Gasteiger partial charge is 0.394 e. The third-order valence-electron chi connectivity index (χ3n) is 1.44. The number of amides is 1. The molecule has 1 aromatic heterocycles. The van der Waals surface area contributed by atoms with Gasteiger partial charge in [-0.15, -0.1) is 0 Å². The minimum atomic E-state index is -0.924. The Morgan fingerprint density at radius 1 is 1.69 bits per heavy atom. The number of nitrogens with one attached hydrogen (secondary N) is 1. The van der Waals surface area contributed by atoms with Crippen LogP contribution in [-0.4, -0.2) is 45.1 Å². The smallest absolute Gasteiger partial charge is 0.326 e. The first-order chi connectivity index (χ1) is 6.24. The van der Waals surface area contributed by atoms with Crippen LogP contribution in [0.2, 0.25) is 0 Å². The molecule has 1 amide bonds. The Kier molecular flexibility index (Phi) is 3.41. The number of carbonyl (C=O) groups excluding carboxylic acids is 1. The highest BCUT2D eigenvalue weighted by Gasteiger charge is 2.06. The Morgan fingerprint density at radius 2 is 2.46 bits per heavy atom. The molecule has 0 aliphatic heterocycles. The highest BCUT2D eigenvalue weighted by Crippen LogP contribution is 1.85. The van der Waals surface area contributed by atoms with Crippen molar-refractivity contribution < 1.29 is 15.0 Å². The summed E-state index contributed by atoms with van der Waals surface area (Å²) in [6, 6.07) is -0.384. The standard InChI is InChI=1S/C7H11N3O3/c11-4-6(12)3-9-7(13)10-2-1-8-5-10/h1-2,5-6,11-12H,3-4H2,(H,9,13). The highest BCUT2D eigenvalue weighted by molar-refractivity contribution is 5.76. The van der Waals surface area contributed by atoms with Crippen LogP contribution >= 0.6 is 0 Å². The summed E-state index contributed by atoms with van der Waals surface area (Å²) in [5.41, 5.74) is 0. The van der Waals surface area contributed by atoms with E-state index in [0.717, 1.165) is 0 Å². The lowest BCUT2D eigenvalue weighted by atomic mass is 10.4. The van der Waals surface area contributed by atoms with Gasteiger partial charge in [-0.25, -0.2) is 9.78 Å². The molecule has 1 unspecified atom stereocenters. The predicted octanol–water partition coefficient (Wildman–Crippen LogP) is -1.21. The van der Waals surface area contributed by atoms with Crippen LogP contribution in [0.15, 0.2) is 18.7 Å². The van der Waals surface area contributed by atoms with Gasteiger partial charge in [0.15, 0.2) is 0 Å². The molecule has 6 nitrogen and oxygen atoms in total. The highest BCUT2D eigenvalue weighted by atomic mass is 16.3. The number of carbonyl (C=O) groups is 1. The van der Waals surface area contributed by atoms with E-state index < -0.39 is 6.10 Å². The summed E-state index contributed by atoms with van der Waals surface area (Å²) in [6.45, 7) is -0.349. The van der Waals surface area contributed by atoms with Crippen molar-refractivity contribution in [3.05, 3.63) is 18.7 Å². The van der Waals surface area contributed by atoms with Crippen molar-refractivity contribution in [1.29, 1.82) is 0 Å². The Morgan fingerprint density at radius 3 is 3.00 bits per heavy atom. The zero-order valence-corrected chi connectivity index (χ0v) is 6.92. The average Bonchev–Trinajstić information content (AvgIpc) is 2.66. The third kappa shape index (κ3) is 2.85. The van der Waals surface area contributed by atoms with E-state index in [1.165, 1.54) is 23.3 Å². The maximum absolute atomic E-state index is 11.1. The van der Waals surface area contributed by atoms with E-state index in [1.807, 2.05) is 0 Å². The van der Waals surface area contributed by atoms with Crippen LogP contribution in [0, 0.1) is 0 Å². The molecule has 1 heterocycles. The number of imidazole rings is 1. The van der Waals surface area contributed by atoms with Gasteiger partial charge in [0.05, 0.1) is 12.7 Å². The summed E-state index contributed by atoms with van der Waals surface area (Å²) in [7, 11) is 0. The fourth-order valence-corrected chi connectivity index (χ4v) is 0.740. The van der Waals surface area contributed by atoms with Crippen molar-refractivity contribution in [3.63, 3.8) is 0 Å². The zero-order chi connectivity index (χ0) is 9.68. The van der Waals surface area contributed by atoms with Crippen LogP contribution in [0.5, 0.6) is 0 Å². The number of hydrogen-bond donors (Lipinski definition) is 3. The molecule has 1 atom stereocenters. The lowest BCUT2D eigenvalue weighted by Crippen LogP contribution is -2.36. The molecule has 1 rings (SSSR count). The summed E-state index contributed by atoms with van der Waals surface area (Å²) >= 11 is 0. The number of aromatic nitrogens is 2. The van der Waals surface area contributed by atoms with Crippen molar-refractivity contribution in [2.75, 3.05) is 13.2 Å². The van der Waals surface area contributed by atoms with Gasteiger partial charge >= 0.3 is 6.03 Å². The van der Waals surface area contributed by atoms with Crippen LogP contribution in [-0.2, 0) is 0 Å². The molecule has 13 heavy (non-hydrogen) atoms. The van der Waals surface area contributed by atoms with Crippen LogP contribution in [0.1, 0.15) is 0 Å². The molecule has 72 valence electrons. The van der Waals surface area contributed by atoms with Crippen molar-refractivity contribution in [1.82, 2.24) is 14.9 Å². The monoisotopic (exact) mass is 185 g/mol. The topological polar surface area (TPSA) is 87.4 Å². The van der Waals surface area contributed by atoms with Gasteiger partial charge in [-0.1, -0.05) is 0 Å². The lowest BCUT2D eigenvalue weighted by molar-refractivity contribution is 0.0960. The molecule has 0 aliphatic rings. The van der Waals surface area contributed by atoms with E-state index in [1.54, 1.807) is 0 Å². The SMILES string of the molecule is O=C(NCC(O)CO)n1ccnc1. The lowest BCUT2D eigenvalue weighted by Gasteiger charge is -2.08. The minimum absolute atomic E-state index is 0.0213. The number of nitrogens with zero attached hydrogens (tertiary/aromatic N) is 2. The fourth-order valence-electron chi connectivity index (χ4n) is 0.740. The van der Waals surface area contributed by atoms with Crippen molar-refractivity contribution >= 4 is 6.03 Å². The minimum Gasteiger partial charge on any atom is -0.394 e. The second-order valence-electron chi connectivity index (χ2n) is 2.49. The Hall–Kier alpha value is -1.40. The van der Waals surface area contributed by atoms with Gasteiger partial charge in [-0.2, -0.15) is 0 Å². The molecular weight excluding hydrogens is 174 g/mol. The van der Waals surface area contributed by atoms with E-state index in [9.17, 15) is 4.79 Å². The molecule has 3 N–H and O–H groups in total. The van der Waals surface area contributed by atoms with Gasteiger partial charge in [0.25, 0.3) is 0 Å². The van der Waals surface area contributed by atoms with Crippen molar-refractivity contribution in [2.45, 2.75) is 6.10 Å². The third-order valence-corrected chi connectivity index (χ3v) is 1.44. The van der Waals surface area contributed by atoms with Crippen LogP contribution in [0.25, 0.3) is 0 Å². The molecule has 0 aliphatic carbocycles. The second-order valence-corrected chi connectivity index (χ2v) is 2.49. The summed E-state index contributed by atoms with van der Waals surface area (Å²) < 4.78 is 1.24. The molecule has 6 heteroatoms. The van der Waals surface area contributed by atoms with Crippen LogP contribution in [0.4, 0.5) is 4.79 Å². The van der Waals surface area contributed by atoms with Gasteiger partial charge in [-0.3, -0.25) is 4.57 Å². The second kappa shape index (κ2) is 4.58. The molecule has 1 aromatic rings. The normalized spacial score (nSPS) is 12.5. The quantitative estimate of drug-likeness (QED) is 0.551. The first kappa shape index (κ1) is 9.69. The summed E-state index contributed by atoms with van der Waals surface area (Å²) in [6.07, 6.45) is 3.39. The predicted molar refractivity (Wildman–Crippen MR) is 44.1 cm³/mol. The fraction of sp³-hybridized carbons (Fsp3) is 0.429. The van der Waals surface area contributed by atoms with Gasteiger partial charge < -0.3 is 15.5 Å². The summed E-state index contributed by atoms with van der Waals surface area (Å²) in [5, 5.41) is 19.8. The van der Waals surface area contributed by atoms with Crippen LogP contribution in [0.3, 0.4) is 0 Å². The molecule has 0 saturated carbocycles. The molecular formula is C7H11N3O3. The number of rotatable bonds is 3. The summed E-state index contributed by atoms with van der Waals surface area (Å²) in [5.74, 6) is 0. The molecule has 0 fully saturated rings. The molecule has 0 aromatic carbocycles. The molecule has 0 bridgehead atoms. The van der Waals surface area contributed by atoms with Gasteiger partial charge in [0, 0.05) is 18.9 Å². The van der Waals surface area contributed by atoms with Gasteiger partial charge in [0.2, 0.25) is 0 Å². The Balaban J connectivity index is 2.35.